The van der Waals surface area contributed by atoms with Crippen LogP contribution < -0.4 is 0 Å². The van der Waals surface area contributed by atoms with E-state index in [1.807, 2.05) is 18.2 Å². The molecule has 0 aliphatic carbocycles. The first-order chi connectivity index (χ1) is 5.33. The Bertz CT molecular complexity index is 251. The molecule has 0 radical (unpaired) electrons. The summed E-state index contributed by atoms with van der Waals surface area (Å²) >= 11 is 0. The van der Waals surface area contributed by atoms with Gasteiger partial charge in [-0.3, -0.25) is 0 Å². The van der Waals surface area contributed by atoms with Crippen molar-refractivity contribution in [3.63, 3.8) is 0 Å². The zero-order chi connectivity index (χ0) is 8.10. The molecule has 0 N–H and O–H groups in total. The number of benzene rings is 1. The van der Waals surface area contributed by atoms with E-state index in [9.17, 15) is 0 Å². The largest absolute Gasteiger partial charge is 0.504 e. The van der Waals surface area contributed by atoms with Crippen molar-refractivity contribution >= 4 is 6.08 Å². The second-order valence-electron chi connectivity index (χ2n) is 2.45. The second-order valence-corrected chi connectivity index (χ2v) is 2.45. The molecule has 58 valence electrons. The van der Waals surface area contributed by atoms with E-state index in [-0.39, 0.29) is 0 Å². The molecule has 0 saturated heterocycles. The molecule has 1 aromatic carbocycles. The fourth-order valence-electron chi connectivity index (χ4n) is 0.920. The van der Waals surface area contributed by atoms with E-state index in [0.717, 1.165) is 0 Å². The Kier molecular flexibility index (Phi) is 2.73. The van der Waals surface area contributed by atoms with Crippen molar-refractivity contribution in [2.75, 3.05) is 7.11 Å². The first-order valence-electron chi connectivity index (χ1n) is 3.59. The summed E-state index contributed by atoms with van der Waals surface area (Å²) in [6.45, 7) is 2.07. The Morgan fingerprint density at radius 3 is 2.82 bits per heavy atom. The molecule has 1 rings (SSSR count). The normalized spacial score (nSPS) is 10.4. The topological polar surface area (TPSA) is 9.23 Å². The van der Waals surface area contributed by atoms with Crippen LogP contribution in [0, 0.1) is 6.92 Å². The van der Waals surface area contributed by atoms with Crippen molar-refractivity contribution in [3.05, 3.63) is 41.7 Å². The van der Waals surface area contributed by atoms with Crippen LogP contribution in [0.25, 0.3) is 6.08 Å². The molecule has 11 heavy (non-hydrogen) atoms. The van der Waals surface area contributed by atoms with Gasteiger partial charge in [0.05, 0.1) is 13.4 Å². The minimum atomic E-state index is 1.17. The summed E-state index contributed by atoms with van der Waals surface area (Å²) in [6, 6.07) is 8.26. The number of hydrogen-bond acceptors (Lipinski definition) is 1. The lowest BCUT2D eigenvalue weighted by Crippen LogP contribution is -1.74. The van der Waals surface area contributed by atoms with Crippen molar-refractivity contribution < 1.29 is 4.74 Å². The molecule has 0 bridgehead atoms. The molecular weight excluding hydrogens is 136 g/mol. The number of aryl methyl sites for hydroxylation is 1. The third kappa shape index (κ3) is 2.46. The molecule has 0 unspecified atom stereocenters. The maximum absolute atomic E-state index is 4.81. The SMILES string of the molecule is CO/C=C/c1cccc(C)c1. The van der Waals surface area contributed by atoms with E-state index in [1.54, 1.807) is 13.4 Å². The number of ether oxygens (including phenoxy) is 1. The van der Waals surface area contributed by atoms with E-state index in [2.05, 4.69) is 19.1 Å². The van der Waals surface area contributed by atoms with Crippen LogP contribution in [0.2, 0.25) is 0 Å². The third-order valence-corrected chi connectivity index (χ3v) is 1.44. The average molecular weight is 148 g/mol. The number of hydrogen-bond donors (Lipinski definition) is 0. The standard InChI is InChI=1S/C10H12O/c1-9-4-3-5-10(8-9)6-7-11-2/h3-8H,1-2H3/b7-6+. The Morgan fingerprint density at radius 1 is 1.36 bits per heavy atom. The smallest absolute Gasteiger partial charge is 0.0830 e. The van der Waals surface area contributed by atoms with Crippen LogP contribution in [0.5, 0.6) is 0 Å². The molecule has 0 atom stereocenters. The van der Waals surface area contributed by atoms with Crippen molar-refractivity contribution in [2.45, 2.75) is 6.92 Å². The Balaban J connectivity index is 2.79. The monoisotopic (exact) mass is 148 g/mol. The number of rotatable bonds is 2. The summed E-state index contributed by atoms with van der Waals surface area (Å²) in [5.74, 6) is 0. The lowest BCUT2D eigenvalue weighted by Gasteiger charge is -1.94. The van der Waals surface area contributed by atoms with Gasteiger partial charge < -0.3 is 4.74 Å². The van der Waals surface area contributed by atoms with Crippen molar-refractivity contribution in [1.82, 2.24) is 0 Å². The third-order valence-electron chi connectivity index (χ3n) is 1.44. The zero-order valence-electron chi connectivity index (χ0n) is 6.87. The maximum Gasteiger partial charge on any atom is 0.0830 e. The summed E-state index contributed by atoms with van der Waals surface area (Å²) in [5, 5.41) is 0. The lowest BCUT2D eigenvalue weighted by atomic mass is 10.1. The second kappa shape index (κ2) is 3.81. The fraction of sp³-hybridized carbons (Fsp3) is 0.200. The lowest BCUT2D eigenvalue weighted by molar-refractivity contribution is 0.341. The Morgan fingerprint density at radius 2 is 2.18 bits per heavy atom. The summed E-state index contributed by atoms with van der Waals surface area (Å²) < 4.78 is 4.81. The van der Waals surface area contributed by atoms with Crippen LogP contribution in [0.3, 0.4) is 0 Å². The quantitative estimate of drug-likeness (QED) is 0.586. The molecule has 1 heteroatoms. The predicted octanol–water partition coefficient (Wildman–Crippen LogP) is 2.61. The van der Waals surface area contributed by atoms with Crippen LogP contribution in [-0.4, -0.2) is 7.11 Å². The highest BCUT2D eigenvalue weighted by atomic mass is 16.5. The highest BCUT2D eigenvalue weighted by Gasteiger charge is 1.85. The van der Waals surface area contributed by atoms with E-state index in [4.69, 9.17) is 4.74 Å². The van der Waals surface area contributed by atoms with Crippen LogP contribution in [0.4, 0.5) is 0 Å². The summed E-state index contributed by atoms with van der Waals surface area (Å²) in [7, 11) is 1.65. The van der Waals surface area contributed by atoms with Gasteiger partial charge in [0, 0.05) is 0 Å². The molecular formula is C10H12O. The van der Waals surface area contributed by atoms with Gasteiger partial charge in [0.1, 0.15) is 0 Å². The molecule has 1 nitrogen and oxygen atoms in total. The van der Waals surface area contributed by atoms with Gasteiger partial charge in [0.2, 0.25) is 0 Å². The van der Waals surface area contributed by atoms with Gasteiger partial charge in [-0.15, -0.1) is 0 Å². The molecule has 0 fully saturated rings. The molecule has 0 amide bonds. The van der Waals surface area contributed by atoms with Gasteiger partial charge in [-0.25, -0.2) is 0 Å². The van der Waals surface area contributed by atoms with Crippen molar-refractivity contribution in [2.24, 2.45) is 0 Å². The maximum atomic E-state index is 4.81. The van der Waals surface area contributed by atoms with Crippen molar-refractivity contribution in [1.29, 1.82) is 0 Å². The van der Waals surface area contributed by atoms with Gasteiger partial charge >= 0.3 is 0 Å². The molecule has 0 spiro atoms. The summed E-state index contributed by atoms with van der Waals surface area (Å²) in [6.07, 6.45) is 3.61. The molecule has 0 saturated carbocycles. The van der Waals surface area contributed by atoms with Crippen LogP contribution in [-0.2, 0) is 4.74 Å². The van der Waals surface area contributed by atoms with Crippen molar-refractivity contribution in [3.8, 4) is 0 Å². The average Bonchev–Trinajstić information content (AvgIpc) is 2.01. The van der Waals surface area contributed by atoms with Gasteiger partial charge in [0.25, 0.3) is 0 Å². The highest BCUT2D eigenvalue weighted by Crippen LogP contribution is 2.05. The van der Waals surface area contributed by atoms with Gasteiger partial charge in [-0.1, -0.05) is 29.8 Å². The predicted molar refractivity (Wildman–Crippen MR) is 47.2 cm³/mol. The van der Waals surface area contributed by atoms with E-state index in [0.29, 0.717) is 0 Å². The first-order valence-corrected chi connectivity index (χ1v) is 3.59. The minimum absolute atomic E-state index is 1.17. The molecule has 0 aliphatic rings. The molecule has 0 aromatic heterocycles. The zero-order valence-corrected chi connectivity index (χ0v) is 6.87. The fourth-order valence-corrected chi connectivity index (χ4v) is 0.920. The van der Waals surface area contributed by atoms with E-state index < -0.39 is 0 Å². The highest BCUT2D eigenvalue weighted by molar-refractivity contribution is 5.48. The molecule has 0 heterocycles. The summed E-state index contributed by atoms with van der Waals surface area (Å²) in [5.41, 5.74) is 2.44. The molecule has 0 aliphatic heterocycles. The summed E-state index contributed by atoms with van der Waals surface area (Å²) in [4.78, 5) is 0. The Labute approximate surface area is 67.3 Å². The minimum Gasteiger partial charge on any atom is -0.504 e. The van der Waals surface area contributed by atoms with E-state index >= 15 is 0 Å². The Hall–Kier alpha value is -1.24. The first kappa shape index (κ1) is 7.86. The van der Waals surface area contributed by atoms with Gasteiger partial charge in [-0.2, -0.15) is 0 Å². The van der Waals surface area contributed by atoms with E-state index in [1.165, 1.54) is 11.1 Å². The van der Waals surface area contributed by atoms with Crippen LogP contribution >= 0.6 is 0 Å². The van der Waals surface area contributed by atoms with Gasteiger partial charge in [0.15, 0.2) is 0 Å². The number of methoxy groups -OCH3 is 1. The van der Waals surface area contributed by atoms with Crippen LogP contribution in [0.15, 0.2) is 30.5 Å². The molecule has 1 aromatic rings. The van der Waals surface area contributed by atoms with Gasteiger partial charge in [-0.05, 0) is 18.6 Å². The van der Waals surface area contributed by atoms with Crippen LogP contribution in [0.1, 0.15) is 11.1 Å².